The summed E-state index contributed by atoms with van der Waals surface area (Å²) in [6.07, 6.45) is -1.65. The zero-order chi connectivity index (χ0) is 18.7. The molecule has 0 aliphatic heterocycles. The number of H-pyrrole nitrogens is 1. The van der Waals surface area contributed by atoms with Gasteiger partial charge in [-0.3, -0.25) is 4.98 Å². The van der Waals surface area contributed by atoms with Crippen LogP contribution in [0.3, 0.4) is 0 Å². The fourth-order valence-corrected chi connectivity index (χ4v) is 2.36. The summed E-state index contributed by atoms with van der Waals surface area (Å²) in [6.45, 7) is 2.19. The Bertz CT molecular complexity index is 851. The second-order valence-corrected chi connectivity index (χ2v) is 5.73. The Labute approximate surface area is 146 Å². The van der Waals surface area contributed by atoms with Crippen molar-refractivity contribution in [3.05, 3.63) is 42.1 Å². The van der Waals surface area contributed by atoms with Crippen molar-refractivity contribution >= 4 is 5.82 Å². The number of pyridine rings is 1. The van der Waals surface area contributed by atoms with Gasteiger partial charge >= 0.3 is 6.18 Å². The lowest BCUT2D eigenvalue weighted by Gasteiger charge is -2.22. The molecular formula is C15H15F3N8. The number of tetrazole rings is 1. The molecule has 0 saturated heterocycles. The highest BCUT2D eigenvalue weighted by molar-refractivity contribution is 5.57. The molecule has 0 bridgehead atoms. The summed E-state index contributed by atoms with van der Waals surface area (Å²) in [6, 6.07) is 4.14. The molecule has 3 heterocycles. The van der Waals surface area contributed by atoms with Crippen LogP contribution in [-0.4, -0.2) is 49.2 Å². The highest BCUT2D eigenvalue weighted by Crippen LogP contribution is 2.31. The highest BCUT2D eigenvalue weighted by Gasteiger charge is 2.34. The van der Waals surface area contributed by atoms with Gasteiger partial charge in [-0.1, -0.05) is 12.1 Å². The molecule has 136 valence electrons. The maximum atomic E-state index is 13.3. The third kappa shape index (κ3) is 3.92. The van der Waals surface area contributed by atoms with E-state index in [9.17, 15) is 13.2 Å². The van der Waals surface area contributed by atoms with Crippen LogP contribution in [0.4, 0.5) is 19.0 Å². The van der Waals surface area contributed by atoms with Crippen LogP contribution < -0.4 is 4.90 Å². The van der Waals surface area contributed by atoms with E-state index in [0.29, 0.717) is 17.9 Å². The Kier molecular flexibility index (Phi) is 4.78. The number of rotatable bonds is 5. The zero-order valence-corrected chi connectivity index (χ0v) is 13.9. The van der Waals surface area contributed by atoms with Crippen molar-refractivity contribution in [2.45, 2.75) is 19.0 Å². The topological polar surface area (TPSA) is 96.4 Å². The van der Waals surface area contributed by atoms with Gasteiger partial charge in [0.2, 0.25) is 0 Å². The van der Waals surface area contributed by atoms with Gasteiger partial charge in [0, 0.05) is 43.5 Å². The fourth-order valence-electron chi connectivity index (χ4n) is 2.36. The molecule has 8 nitrogen and oxygen atoms in total. The van der Waals surface area contributed by atoms with Crippen molar-refractivity contribution < 1.29 is 13.2 Å². The molecule has 3 aromatic heterocycles. The first-order chi connectivity index (χ1) is 12.3. The van der Waals surface area contributed by atoms with E-state index in [0.717, 1.165) is 6.07 Å². The second kappa shape index (κ2) is 7.02. The lowest BCUT2D eigenvalue weighted by molar-refractivity contribution is -0.141. The van der Waals surface area contributed by atoms with Gasteiger partial charge in [-0.25, -0.2) is 9.97 Å². The number of likely N-dealkylation sites (N-methyl/N-ethyl adjacent to an activating group) is 1. The zero-order valence-electron chi connectivity index (χ0n) is 13.9. The van der Waals surface area contributed by atoms with Crippen LogP contribution in [0.5, 0.6) is 0 Å². The number of aromatic amines is 1. The minimum absolute atomic E-state index is 0.0398. The quantitative estimate of drug-likeness (QED) is 0.742. The van der Waals surface area contributed by atoms with Crippen molar-refractivity contribution in [2.75, 3.05) is 18.5 Å². The lowest BCUT2D eigenvalue weighted by Crippen LogP contribution is -2.25. The van der Waals surface area contributed by atoms with Gasteiger partial charge in [0.15, 0.2) is 17.3 Å². The molecule has 3 aromatic rings. The van der Waals surface area contributed by atoms with E-state index in [4.69, 9.17) is 0 Å². The summed E-state index contributed by atoms with van der Waals surface area (Å²) in [5, 5.41) is 13.6. The molecule has 1 N–H and O–H groups in total. The number of anilines is 1. The monoisotopic (exact) mass is 364 g/mol. The first kappa shape index (κ1) is 17.7. The molecule has 26 heavy (non-hydrogen) atoms. The summed E-state index contributed by atoms with van der Waals surface area (Å²) in [4.78, 5) is 13.4. The normalized spacial score (nSPS) is 12.8. The Morgan fingerprint density at radius 2 is 2.08 bits per heavy atom. The molecule has 0 fully saturated rings. The predicted octanol–water partition coefficient (Wildman–Crippen LogP) is 2.31. The third-order valence-corrected chi connectivity index (χ3v) is 3.66. The van der Waals surface area contributed by atoms with Gasteiger partial charge in [-0.05, 0) is 12.1 Å². The van der Waals surface area contributed by atoms with Crippen LogP contribution in [0, 0.1) is 0 Å². The Hall–Kier alpha value is -3.11. The molecule has 0 saturated carbocycles. The molecule has 11 heteroatoms. The molecule has 0 spiro atoms. The predicted molar refractivity (Wildman–Crippen MR) is 86.1 cm³/mol. The van der Waals surface area contributed by atoms with Crippen LogP contribution >= 0.6 is 0 Å². The van der Waals surface area contributed by atoms with Crippen molar-refractivity contribution in [1.82, 2.24) is 35.6 Å². The van der Waals surface area contributed by atoms with Crippen LogP contribution in [0.2, 0.25) is 0 Å². The van der Waals surface area contributed by atoms with E-state index in [1.54, 1.807) is 24.1 Å². The average Bonchev–Trinajstić information content (AvgIpc) is 3.16. The van der Waals surface area contributed by atoms with Gasteiger partial charge in [0.1, 0.15) is 5.82 Å². The van der Waals surface area contributed by atoms with Crippen molar-refractivity contribution in [2.24, 2.45) is 0 Å². The number of nitrogens with one attached hydrogen (secondary N) is 1. The molecule has 3 rings (SSSR count). The summed E-state index contributed by atoms with van der Waals surface area (Å²) in [7, 11) is 1.64. The number of alkyl halides is 3. The SMILES string of the molecule is C[C@@H](CN(C)c1cc(C(F)(F)F)nc(-c2cccnc2)n1)c1nn[nH]n1. The lowest BCUT2D eigenvalue weighted by atomic mass is 10.1. The number of hydrogen-bond donors (Lipinski definition) is 1. The van der Waals surface area contributed by atoms with Crippen molar-refractivity contribution in [3.8, 4) is 11.4 Å². The largest absolute Gasteiger partial charge is 0.433 e. The van der Waals surface area contributed by atoms with Crippen LogP contribution in [0.25, 0.3) is 11.4 Å². The van der Waals surface area contributed by atoms with Gasteiger partial charge < -0.3 is 4.90 Å². The average molecular weight is 364 g/mol. The minimum Gasteiger partial charge on any atom is -0.359 e. The van der Waals surface area contributed by atoms with E-state index in [-0.39, 0.29) is 17.6 Å². The summed E-state index contributed by atoms with van der Waals surface area (Å²) < 4.78 is 39.8. The maximum absolute atomic E-state index is 13.3. The Balaban J connectivity index is 1.95. The van der Waals surface area contributed by atoms with Crippen LogP contribution in [0.1, 0.15) is 24.4 Å². The summed E-state index contributed by atoms with van der Waals surface area (Å²) in [5.74, 6) is 0.405. The minimum atomic E-state index is -4.59. The molecule has 0 aromatic carbocycles. The number of aromatic nitrogens is 7. The van der Waals surface area contributed by atoms with Crippen molar-refractivity contribution in [3.63, 3.8) is 0 Å². The van der Waals surface area contributed by atoms with Crippen LogP contribution in [-0.2, 0) is 6.18 Å². The van der Waals surface area contributed by atoms with E-state index >= 15 is 0 Å². The number of nitrogens with zero attached hydrogens (tertiary/aromatic N) is 7. The number of halogens is 3. The van der Waals surface area contributed by atoms with Crippen molar-refractivity contribution in [1.29, 1.82) is 0 Å². The molecular weight excluding hydrogens is 349 g/mol. The molecule has 0 unspecified atom stereocenters. The van der Waals surface area contributed by atoms with E-state index in [2.05, 4.69) is 35.6 Å². The Morgan fingerprint density at radius 3 is 2.69 bits per heavy atom. The summed E-state index contributed by atoms with van der Waals surface area (Å²) >= 11 is 0. The second-order valence-electron chi connectivity index (χ2n) is 5.73. The fraction of sp³-hybridized carbons (Fsp3) is 0.333. The van der Waals surface area contributed by atoms with E-state index in [1.165, 1.54) is 12.4 Å². The highest BCUT2D eigenvalue weighted by atomic mass is 19.4. The van der Waals surface area contributed by atoms with Gasteiger partial charge in [-0.15, -0.1) is 10.2 Å². The Morgan fingerprint density at radius 1 is 1.27 bits per heavy atom. The van der Waals surface area contributed by atoms with Crippen LogP contribution in [0.15, 0.2) is 30.6 Å². The van der Waals surface area contributed by atoms with Gasteiger partial charge in [-0.2, -0.15) is 18.4 Å². The number of hydrogen-bond acceptors (Lipinski definition) is 7. The first-order valence-corrected chi connectivity index (χ1v) is 7.65. The van der Waals surface area contributed by atoms with E-state index in [1.807, 2.05) is 6.92 Å². The van der Waals surface area contributed by atoms with Gasteiger partial charge in [0.05, 0.1) is 0 Å². The molecule has 0 radical (unpaired) electrons. The van der Waals surface area contributed by atoms with Gasteiger partial charge in [0.25, 0.3) is 0 Å². The third-order valence-electron chi connectivity index (χ3n) is 3.66. The molecule has 0 aliphatic rings. The molecule has 0 aliphatic carbocycles. The molecule has 1 atom stereocenters. The smallest absolute Gasteiger partial charge is 0.359 e. The standard InChI is InChI=1S/C15H15F3N8/c1-9(13-22-24-25-23-13)8-26(2)12-6-11(15(16,17)18)20-14(21-12)10-4-3-5-19-7-10/h3-7,9H,8H2,1-2H3,(H,22,23,24,25)/t9-/m0/s1. The maximum Gasteiger partial charge on any atom is 0.433 e. The first-order valence-electron chi connectivity index (χ1n) is 7.65. The molecule has 0 amide bonds. The van der Waals surface area contributed by atoms with E-state index < -0.39 is 11.9 Å². The summed E-state index contributed by atoms with van der Waals surface area (Å²) in [5.41, 5.74) is -0.611.